The first-order valence-corrected chi connectivity index (χ1v) is 2.74. The van der Waals surface area contributed by atoms with Gasteiger partial charge >= 0.3 is 20.4 Å². The predicted octanol–water partition coefficient (Wildman–Crippen LogP) is 1.14. The summed E-state index contributed by atoms with van der Waals surface area (Å²) in [7, 11) is 0. The maximum absolute atomic E-state index is 9.83. The normalized spacial score (nSPS) is 8.00. The summed E-state index contributed by atoms with van der Waals surface area (Å²) in [6.07, 6.45) is 2.15. The molecule has 0 aromatic heterocycles. The van der Waals surface area contributed by atoms with E-state index in [0.29, 0.717) is 6.42 Å². The molecule has 0 heterocycles. The Balaban J connectivity index is 0.000000810. The average molecular weight is 225 g/mol. The van der Waals surface area contributed by atoms with Crippen LogP contribution in [-0.4, -0.2) is 6.29 Å². The van der Waals surface area contributed by atoms with Crippen LogP contribution in [0.25, 0.3) is 0 Å². The topological polar surface area (TPSA) is 17.1 Å². The van der Waals surface area contributed by atoms with Gasteiger partial charge in [0.05, 0.1) is 0 Å². The van der Waals surface area contributed by atoms with Gasteiger partial charge in [-0.3, -0.25) is 6.29 Å². The minimum atomic E-state index is 0. The van der Waals surface area contributed by atoms with Gasteiger partial charge in [0.15, 0.2) is 0 Å². The Labute approximate surface area is 74.1 Å². The van der Waals surface area contributed by atoms with Crippen LogP contribution < -0.4 is 0 Å². The van der Waals surface area contributed by atoms with Crippen LogP contribution in [0.15, 0.2) is 24.3 Å². The van der Waals surface area contributed by atoms with Crippen molar-refractivity contribution in [3.05, 3.63) is 35.9 Å². The van der Waals surface area contributed by atoms with E-state index in [1.807, 2.05) is 18.2 Å². The number of carbonyl (C=O) groups excluding carboxylic acids is 1. The Morgan fingerprint density at radius 2 is 2.30 bits per heavy atom. The maximum Gasteiger partial charge on any atom is 2.00 e. The Kier molecular flexibility index (Phi) is 5.11. The molecule has 0 atom stereocenters. The summed E-state index contributed by atoms with van der Waals surface area (Å²) >= 11 is 0. The minimum absolute atomic E-state index is 0. The second-order valence-corrected chi connectivity index (χ2v) is 1.71. The third-order valence-corrected chi connectivity index (χ3v) is 1.04. The summed E-state index contributed by atoms with van der Waals surface area (Å²) in [5.41, 5.74) is 0.896. The zero-order valence-electron chi connectivity index (χ0n) is 5.24. The van der Waals surface area contributed by atoms with Crippen molar-refractivity contribution in [1.29, 1.82) is 0 Å². The smallest absolute Gasteiger partial charge is 0.542 e. The fourth-order valence-corrected chi connectivity index (χ4v) is 0.618. The molecule has 0 aliphatic rings. The molecular formula is C8H6OPd. The summed E-state index contributed by atoms with van der Waals surface area (Å²) in [5, 5.41) is 0. The monoisotopic (exact) mass is 224 g/mol. The van der Waals surface area contributed by atoms with E-state index in [4.69, 9.17) is 0 Å². The van der Waals surface area contributed by atoms with Gasteiger partial charge in [0.25, 0.3) is 0 Å². The molecule has 0 N–H and O–H groups in total. The average Bonchev–Trinajstić information content (AvgIpc) is 1.91. The van der Waals surface area contributed by atoms with Crippen LogP contribution in [0.4, 0.5) is 0 Å². The molecular weight excluding hydrogens is 219 g/mol. The molecule has 2 heteroatoms. The fraction of sp³-hybridized carbons (Fsp3) is 0.125. The Morgan fingerprint density at radius 3 is 2.80 bits per heavy atom. The molecule has 0 aliphatic heterocycles. The molecule has 10 heavy (non-hydrogen) atoms. The summed E-state index contributed by atoms with van der Waals surface area (Å²) in [4.78, 5) is 9.83. The molecule has 0 saturated carbocycles. The van der Waals surface area contributed by atoms with Crippen molar-refractivity contribution in [1.82, 2.24) is 0 Å². The molecule has 1 rings (SSSR count). The molecule has 1 aromatic rings. The van der Waals surface area contributed by atoms with Gasteiger partial charge in [-0.15, -0.1) is 6.42 Å². The van der Waals surface area contributed by atoms with E-state index in [-0.39, 0.29) is 20.4 Å². The van der Waals surface area contributed by atoms with Gasteiger partial charge in [-0.05, 0) is 0 Å². The first kappa shape index (κ1) is 9.55. The van der Waals surface area contributed by atoms with Gasteiger partial charge in [0, 0.05) is 0 Å². The molecule has 0 bridgehead atoms. The molecule has 0 fully saturated rings. The van der Waals surface area contributed by atoms with Crippen LogP contribution in [-0.2, 0) is 31.6 Å². The molecule has 0 amide bonds. The van der Waals surface area contributed by atoms with Crippen molar-refractivity contribution in [2.45, 2.75) is 6.42 Å². The van der Waals surface area contributed by atoms with Crippen LogP contribution >= 0.6 is 0 Å². The predicted molar refractivity (Wildman–Crippen MR) is 34.7 cm³/mol. The van der Waals surface area contributed by atoms with Crippen LogP contribution in [0.3, 0.4) is 0 Å². The Morgan fingerprint density at radius 1 is 1.50 bits per heavy atom. The zero-order chi connectivity index (χ0) is 6.53. The van der Waals surface area contributed by atoms with Crippen molar-refractivity contribution in [2.24, 2.45) is 0 Å². The molecule has 0 unspecified atom stereocenters. The van der Waals surface area contributed by atoms with E-state index in [2.05, 4.69) is 6.07 Å². The SMILES string of the molecule is O=[C-]Cc1[c-]cccc1.[Pd+2]. The summed E-state index contributed by atoms with van der Waals surface area (Å²) in [6.45, 7) is 0. The first-order valence-electron chi connectivity index (χ1n) is 2.74. The van der Waals surface area contributed by atoms with E-state index in [1.54, 1.807) is 12.4 Å². The van der Waals surface area contributed by atoms with E-state index in [0.717, 1.165) is 5.56 Å². The Bertz CT molecular complexity index is 184. The second kappa shape index (κ2) is 5.35. The first-order chi connectivity index (χ1) is 4.43. The van der Waals surface area contributed by atoms with E-state index in [1.165, 1.54) is 0 Å². The van der Waals surface area contributed by atoms with E-state index >= 15 is 0 Å². The molecule has 0 aliphatic carbocycles. The van der Waals surface area contributed by atoms with Crippen molar-refractivity contribution in [3.8, 4) is 0 Å². The summed E-state index contributed by atoms with van der Waals surface area (Å²) in [6, 6.07) is 10.3. The van der Waals surface area contributed by atoms with Gasteiger partial charge in [-0.2, -0.15) is 35.9 Å². The zero-order valence-corrected chi connectivity index (χ0v) is 6.80. The second-order valence-electron chi connectivity index (χ2n) is 1.71. The van der Waals surface area contributed by atoms with Crippen LogP contribution in [0.1, 0.15) is 5.56 Å². The van der Waals surface area contributed by atoms with Gasteiger partial charge in [-0.25, -0.2) is 0 Å². The minimum Gasteiger partial charge on any atom is -0.542 e. The molecule has 1 nitrogen and oxygen atoms in total. The summed E-state index contributed by atoms with van der Waals surface area (Å²) < 4.78 is 0. The number of hydrogen-bond donors (Lipinski definition) is 0. The van der Waals surface area contributed by atoms with Crippen molar-refractivity contribution >= 4 is 6.29 Å². The van der Waals surface area contributed by atoms with Crippen LogP contribution in [0.5, 0.6) is 0 Å². The van der Waals surface area contributed by atoms with Crippen molar-refractivity contribution in [3.63, 3.8) is 0 Å². The van der Waals surface area contributed by atoms with Gasteiger partial charge in [-0.1, -0.05) is 0 Å². The maximum atomic E-state index is 9.83. The van der Waals surface area contributed by atoms with Gasteiger partial charge in [0.2, 0.25) is 0 Å². The number of rotatable bonds is 2. The molecule has 1 aromatic carbocycles. The van der Waals surface area contributed by atoms with E-state index < -0.39 is 0 Å². The molecule has 0 spiro atoms. The quantitative estimate of drug-likeness (QED) is 0.544. The van der Waals surface area contributed by atoms with E-state index in [9.17, 15) is 4.79 Å². The summed E-state index contributed by atoms with van der Waals surface area (Å²) in [5.74, 6) is 0. The van der Waals surface area contributed by atoms with Crippen LogP contribution in [0.2, 0.25) is 0 Å². The third kappa shape index (κ3) is 2.91. The third-order valence-electron chi connectivity index (χ3n) is 1.04. The number of hydrogen-bond acceptors (Lipinski definition) is 1. The molecule has 54 valence electrons. The van der Waals surface area contributed by atoms with Crippen molar-refractivity contribution < 1.29 is 25.2 Å². The number of benzene rings is 1. The Hall–Kier alpha value is -0.448. The van der Waals surface area contributed by atoms with Crippen molar-refractivity contribution in [2.75, 3.05) is 0 Å². The molecule has 0 saturated heterocycles. The van der Waals surface area contributed by atoms with Gasteiger partial charge in [0.1, 0.15) is 0 Å². The fourth-order valence-electron chi connectivity index (χ4n) is 0.618. The largest absolute Gasteiger partial charge is 2.00 e. The molecule has 0 radical (unpaired) electrons. The van der Waals surface area contributed by atoms with Gasteiger partial charge < -0.3 is 4.79 Å². The standard InChI is InChI=1S/C8H6O.Pd/c9-7-6-8-4-2-1-3-5-8;/h1-4H,6H2;/q-2;+2. The van der Waals surface area contributed by atoms with Crippen LogP contribution in [0, 0.1) is 6.07 Å².